The summed E-state index contributed by atoms with van der Waals surface area (Å²) < 4.78 is 16.4. The molecule has 0 rings (SSSR count). The van der Waals surface area contributed by atoms with Crippen LogP contribution in [0.2, 0.25) is 0 Å². The molecular weight excluding hydrogens is 488 g/mol. The fourth-order valence-corrected chi connectivity index (χ4v) is 2.40. The zero-order chi connectivity index (χ0) is 30.1. The SMILES string of the molecule is CC(N)COCC(C)OCC(C)OCC(C)N.CCCCC(C)C(C)(N)N.NC(=O)C=CCC=CC(N)=O. The quantitative estimate of drug-likeness (QED) is 0.108. The largest absolute Gasteiger partial charge is 0.377 e. The Morgan fingerprint density at radius 3 is 1.63 bits per heavy atom. The standard InChI is InChI=1S/C12H28N2O3.C8H20N2.C7H10N2O2/c1-9(13)5-15-7-11(3)17-8-12(4)16-6-10(2)14;1-4-5-6-7(2)8(3,9)10;8-6(10)4-2-1-3-5-7(9)11/h9-12H,5-8,13-14H2,1-4H3;7H,4-6,9-10H2,1-3H3;2-5H,1H2,(H2,8,10)(H2,9,11). The molecule has 226 valence electrons. The first-order valence-corrected chi connectivity index (χ1v) is 13.3. The molecule has 11 nitrogen and oxygen atoms in total. The molecule has 0 saturated heterocycles. The van der Waals surface area contributed by atoms with E-state index in [1.54, 1.807) is 12.2 Å². The first kappa shape index (κ1) is 40.6. The number of amides is 2. The summed E-state index contributed by atoms with van der Waals surface area (Å²) in [5.74, 6) is -0.581. The van der Waals surface area contributed by atoms with E-state index in [1.807, 2.05) is 34.6 Å². The van der Waals surface area contributed by atoms with Gasteiger partial charge >= 0.3 is 0 Å². The predicted octanol–water partition coefficient (Wildman–Crippen LogP) is 1.41. The van der Waals surface area contributed by atoms with E-state index in [0.29, 0.717) is 38.8 Å². The lowest BCUT2D eigenvalue weighted by Crippen LogP contribution is -2.51. The molecule has 0 spiro atoms. The molecule has 12 N–H and O–H groups in total. The highest BCUT2D eigenvalue weighted by Crippen LogP contribution is 2.14. The molecule has 0 aromatic rings. The average molecular weight is 547 g/mol. The lowest BCUT2D eigenvalue weighted by Gasteiger charge is -2.26. The fourth-order valence-electron chi connectivity index (χ4n) is 2.40. The maximum absolute atomic E-state index is 10.1. The van der Waals surface area contributed by atoms with Crippen molar-refractivity contribution in [3.63, 3.8) is 0 Å². The fraction of sp³-hybridized carbons (Fsp3) is 0.778. The smallest absolute Gasteiger partial charge is 0.241 e. The van der Waals surface area contributed by atoms with Crippen molar-refractivity contribution in [2.24, 2.45) is 40.3 Å². The van der Waals surface area contributed by atoms with Crippen molar-refractivity contribution in [2.75, 3.05) is 26.4 Å². The van der Waals surface area contributed by atoms with Crippen molar-refractivity contribution in [3.8, 4) is 0 Å². The molecule has 0 radical (unpaired) electrons. The minimum atomic E-state index is -0.502. The second-order valence-corrected chi connectivity index (χ2v) is 10.0. The number of carbonyl (C=O) groups excluding carboxylic acids is 2. The summed E-state index contributed by atoms with van der Waals surface area (Å²) in [4.78, 5) is 20.2. The molecule has 5 unspecified atom stereocenters. The minimum absolute atomic E-state index is 0.0510. The zero-order valence-electron chi connectivity index (χ0n) is 24.9. The van der Waals surface area contributed by atoms with Crippen LogP contribution in [0.15, 0.2) is 24.3 Å². The maximum atomic E-state index is 10.1. The molecule has 0 aromatic heterocycles. The first-order chi connectivity index (χ1) is 17.5. The highest BCUT2D eigenvalue weighted by atomic mass is 16.6. The number of unbranched alkanes of at least 4 members (excludes halogenated alkanes) is 1. The predicted molar refractivity (Wildman–Crippen MR) is 156 cm³/mol. The van der Waals surface area contributed by atoms with Gasteiger partial charge in [-0.3, -0.25) is 9.59 Å². The summed E-state index contributed by atoms with van der Waals surface area (Å²) in [6.45, 7) is 16.2. The Hall–Kier alpha value is -1.86. The molecule has 0 saturated carbocycles. The molecule has 0 fully saturated rings. The van der Waals surface area contributed by atoms with Crippen molar-refractivity contribution < 1.29 is 23.8 Å². The number of allylic oxidation sites excluding steroid dienone is 2. The lowest BCUT2D eigenvalue weighted by atomic mass is 9.93. The van der Waals surface area contributed by atoms with Gasteiger partial charge in [0.05, 0.1) is 44.3 Å². The van der Waals surface area contributed by atoms with E-state index in [4.69, 9.17) is 48.6 Å². The van der Waals surface area contributed by atoms with Gasteiger partial charge in [-0.15, -0.1) is 0 Å². The van der Waals surface area contributed by atoms with Gasteiger partial charge in [0.15, 0.2) is 0 Å². The van der Waals surface area contributed by atoms with E-state index in [0.717, 1.165) is 6.42 Å². The van der Waals surface area contributed by atoms with E-state index < -0.39 is 17.5 Å². The van der Waals surface area contributed by atoms with E-state index in [-0.39, 0.29) is 24.3 Å². The lowest BCUT2D eigenvalue weighted by molar-refractivity contribution is -0.114. The highest BCUT2D eigenvalue weighted by Gasteiger charge is 2.19. The second-order valence-electron chi connectivity index (χ2n) is 10.0. The molecule has 0 heterocycles. The van der Waals surface area contributed by atoms with E-state index in [9.17, 15) is 9.59 Å². The van der Waals surface area contributed by atoms with Gasteiger partial charge in [-0.25, -0.2) is 0 Å². The molecule has 0 aliphatic rings. The molecule has 11 heteroatoms. The Labute approximate surface area is 231 Å². The van der Waals surface area contributed by atoms with Gasteiger partial charge in [0.2, 0.25) is 11.8 Å². The Morgan fingerprint density at radius 2 is 1.24 bits per heavy atom. The van der Waals surface area contributed by atoms with Crippen molar-refractivity contribution in [1.29, 1.82) is 0 Å². The number of primary amides is 2. The minimum Gasteiger partial charge on any atom is -0.377 e. The van der Waals surface area contributed by atoms with Gasteiger partial charge in [0, 0.05) is 12.1 Å². The van der Waals surface area contributed by atoms with E-state index in [1.165, 1.54) is 25.0 Å². The van der Waals surface area contributed by atoms with Crippen LogP contribution in [0.4, 0.5) is 0 Å². The normalized spacial score (nSPS) is 15.6. The third-order valence-electron chi connectivity index (χ3n) is 4.88. The maximum Gasteiger partial charge on any atom is 0.241 e. The Morgan fingerprint density at radius 1 is 0.789 bits per heavy atom. The van der Waals surface area contributed by atoms with Gasteiger partial charge in [0.1, 0.15) is 0 Å². The monoisotopic (exact) mass is 546 g/mol. The first-order valence-electron chi connectivity index (χ1n) is 13.3. The van der Waals surface area contributed by atoms with Gasteiger partial charge in [-0.05, 0) is 65.5 Å². The number of rotatable bonds is 18. The molecular formula is C27H58N6O5. The van der Waals surface area contributed by atoms with E-state index in [2.05, 4.69) is 13.8 Å². The molecule has 2 amide bonds. The van der Waals surface area contributed by atoms with Crippen LogP contribution < -0.4 is 34.4 Å². The summed E-state index contributed by atoms with van der Waals surface area (Å²) in [6, 6.07) is 0.125. The Balaban J connectivity index is -0.000000509. The van der Waals surface area contributed by atoms with Gasteiger partial charge < -0.3 is 48.6 Å². The van der Waals surface area contributed by atoms with Crippen LogP contribution in [0.25, 0.3) is 0 Å². The van der Waals surface area contributed by atoms with Crippen molar-refractivity contribution in [3.05, 3.63) is 24.3 Å². The van der Waals surface area contributed by atoms with Crippen LogP contribution in [0.5, 0.6) is 0 Å². The summed E-state index contributed by atoms with van der Waals surface area (Å²) in [7, 11) is 0. The summed E-state index contributed by atoms with van der Waals surface area (Å²) in [5.41, 5.74) is 31.7. The molecule has 5 atom stereocenters. The van der Waals surface area contributed by atoms with Crippen molar-refractivity contribution >= 4 is 11.8 Å². The highest BCUT2D eigenvalue weighted by molar-refractivity contribution is 5.86. The topological polar surface area (TPSA) is 218 Å². The van der Waals surface area contributed by atoms with Crippen LogP contribution in [0.3, 0.4) is 0 Å². The van der Waals surface area contributed by atoms with Gasteiger partial charge in [-0.2, -0.15) is 0 Å². The van der Waals surface area contributed by atoms with Crippen LogP contribution in [0.1, 0.15) is 74.1 Å². The number of ether oxygens (including phenoxy) is 3. The Bertz CT molecular complexity index is 614. The summed E-state index contributed by atoms with van der Waals surface area (Å²) in [6.07, 6.45) is 9.71. The molecule has 0 aromatic carbocycles. The van der Waals surface area contributed by atoms with E-state index >= 15 is 0 Å². The third-order valence-corrected chi connectivity index (χ3v) is 4.88. The molecule has 38 heavy (non-hydrogen) atoms. The number of carbonyl (C=O) groups is 2. The summed E-state index contributed by atoms with van der Waals surface area (Å²) in [5, 5.41) is 0. The number of hydrogen-bond acceptors (Lipinski definition) is 9. The van der Waals surface area contributed by atoms with Crippen LogP contribution >= 0.6 is 0 Å². The Kier molecular flexibility index (Phi) is 27.2. The van der Waals surface area contributed by atoms with Gasteiger partial charge in [0.25, 0.3) is 0 Å². The van der Waals surface area contributed by atoms with Crippen molar-refractivity contribution in [1.82, 2.24) is 0 Å². The van der Waals surface area contributed by atoms with Crippen molar-refractivity contribution in [2.45, 2.75) is 104 Å². The van der Waals surface area contributed by atoms with Gasteiger partial charge in [-0.1, -0.05) is 38.8 Å². The molecule has 0 aliphatic carbocycles. The number of nitrogens with two attached hydrogens (primary N) is 6. The summed E-state index contributed by atoms with van der Waals surface area (Å²) >= 11 is 0. The average Bonchev–Trinajstić information content (AvgIpc) is 2.79. The molecule has 0 bridgehead atoms. The third kappa shape index (κ3) is 36.3. The molecule has 0 aliphatic heterocycles. The van der Waals surface area contributed by atoms with Crippen LogP contribution in [0, 0.1) is 5.92 Å². The van der Waals surface area contributed by atoms with Crippen LogP contribution in [-0.4, -0.2) is 68.2 Å². The second kappa shape index (κ2) is 25.4. The van der Waals surface area contributed by atoms with Crippen LogP contribution in [-0.2, 0) is 23.8 Å². The number of hydrogen-bond donors (Lipinski definition) is 6. The zero-order valence-corrected chi connectivity index (χ0v) is 24.9.